The lowest BCUT2D eigenvalue weighted by molar-refractivity contribution is -0.128. The van der Waals surface area contributed by atoms with Gasteiger partial charge >= 0.3 is 0 Å². The third kappa shape index (κ3) is 3.46. The fourth-order valence-corrected chi connectivity index (χ4v) is 2.96. The van der Waals surface area contributed by atoms with Crippen molar-refractivity contribution in [2.45, 2.75) is 6.04 Å². The number of halogens is 1. The van der Waals surface area contributed by atoms with E-state index in [2.05, 4.69) is 5.32 Å². The van der Waals surface area contributed by atoms with Gasteiger partial charge in [-0.05, 0) is 29.8 Å². The third-order valence-corrected chi connectivity index (χ3v) is 4.26. The van der Waals surface area contributed by atoms with Gasteiger partial charge in [-0.2, -0.15) is 0 Å². The van der Waals surface area contributed by atoms with Gasteiger partial charge in [0.05, 0.1) is 14.2 Å². The molecule has 1 atom stereocenters. The number of benzene rings is 2. The summed E-state index contributed by atoms with van der Waals surface area (Å²) in [5.41, 5.74) is 0.898. The van der Waals surface area contributed by atoms with Crippen LogP contribution in [-0.2, 0) is 4.79 Å². The predicted octanol–water partition coefficient (Wildman–Crippen LogP) is 2.16. The Balaban J connectivity index is 1.98. The molecule has 1 unspecified atom stereocenters. The van der Waals surface area contributed by atoms with E-state index in [4.69, 9.17) is 9.47 Å². The van der Waals surface area contributed by atoms with Crippen LogP contribution in [0.2, 0.25) is 0 Å². The Kier molecular flexibility index (Phi) is 5.06. The Morgan fingerprint density at radius 2 is 1.73 bits per heavy atom. The second-order valence-corrected chi connectivity index (χ2v) is 5.85. The van der Waals surface area contributed by atoms with Crippen LogP contribution < -0.4 is 14.8 Å². The second kappa shape index (κ2) is 7.43. The summed E-state index contributed by atoms with van der Waals surface area (Å²) in [6, 6.07) is 9.60. The number of hydrogen-bond acceptors (Lipinski definition) is 4. The number of nitrogens with one attached hydrogen (secondary N) is 1. The van der Waals surface area contributed by atoms with Crippen LogP contribution in [0.4, 0.5) is 4.39 Å². The zero-order chi connectivity index (χ0) is 18.7. The van der Waals surface area contributed by atoms with Crippen molar-refractivity contribution < 1.29 is 23.5 Å². The number of rotatable bonds is 4. The van der Waals surface area contributed by atoms with Gasteiger partial charge in [0.1, 0.15) is 23.4 Å². The van der Waals surface area contributed by atoms with E-state index in [9.17, 15) is 14.0 Å². The van der Waals surface area contributed by atoms with Crippen LogP contribution in [0.5, 0.6) is 11.5 Å². The largest absolute Gasteiger partial charge is 0.497 e. The molecule has 136 valence electrons. The van der Waals surface area contributed by atoms with Gasteiger partial charge in [-0.25, -0.2) is 4.39 Å². The summed E-state index contributed by atoms with van der Waals surface area (Å²) in [6.45, 7) is 0.690. The summed E-state index contributed by atoms with van der Waals surface area (Å²) in [7, 11) is 3.00. The molecule has 3 rings (SSSR count). The number of piperazine rings is 1. The highest BCUT2D eigenvalue weighted by Gasteiger charge is 2.35. The molecule has 6 nitrogen and oxygen atoms in total. The van der Waals surface area contributed by atoms with Crippen LogP contribution in [0.15, 0.2) is 42.5 Å². The van der Waals surface area contributed by atoms with Crippen LogP contribution in [0.25, 0.3) is 0 Å². The summed E-state index contributed by atoms with van der Waals surface area (Å²) in [5.74, 6) is -0.0715. The number of amides is 2. The van der Waals surface area contributed by atoms with E-state index in [0.717, 1.165) is 0 Å². The maximum atomic E-state index is 13.2. The number of carbonyl (C=O) groups excluding carboxylic acids is 2. The molecule has 0 aliphatic carbocycles. The summed E-state index contributed by atoms with van der Waals surface area (Å²) in [6.07, 6.45) is 0. The lowest BCUT2D eigenvalue weighted by Gasteiger charge is -2.35. The molecule has 7 heteroatoms. The Hall–Kier alpha value is -3.09. The molecule has 26 heavy (non-hydrogen) atoms. The molecule has 1 aliphatic rings. The monoisotopic (exact) mass is 358 g/mol. The van der Waals surface area contributed by atoms with Crippen LogP contribution in [-0.4, -0.2) is 44.0 Å². The topological polar surface area (TPSA) is 67.9 Å². The van der Waals surface area contributed by atoms with E-state index in [-0.39, 0.29) is 11.8 Å². The van der Waals surface area contributed by atoms with Gasteiger partial charge < -0.3 is 19.7 Å². The average molecular weight is 358 g/mol. The fraction of sp³-hybridized carbons (Fsp3) is 0.263. The van der Waals surface area contributed by atoms with Crippen LogP contribution >= 0.6 is 0 Å². The van der Waals surface area contributed by atoms with Crippen molar-refractivity contribution in [2.24, 2.45) is 0 Å². The minimum absolute atomic E-state index is 0.300. The number of carbonyl (C=O) groups is 2. The van der Waals surface area contributed by atoms with Gasteiger partial charge in [0.2, 0.25) is 5.91 Å². The quantitative estimate of drug-likeness (QED) is 0.909. The molecule has 1 aliphatic heterocycles. The van der Waals surface area contributed by atoms with Crippen molar-refractivity contribution in [3.05, 3.63) is 59.4 Å². The molecule has 0 saturated carbocycles. The van der Waals surface area contributed by atoms with E-state index in [1.165, 1.54) is 43.4 Å². The average Bonchev–Trinajstić information content (AvgIpc) is 2.67. The van der Waals surface area contributed by atoms with Crippen molar-refractivity contribution >= 4 is 11.8 Å². The minimum atomic E-state index is -0.825. The zero-order valence-corrected chi connectivity index (χ0v) is 14.5. The SMILES string of the molecule is COc1cc(OC)cc(C(=O)N2CCNC(=O)C2c2ccc(F)cc2)c1. The highest BCUT2D eigenvalue weighted by Crippen LogP contribution is 2.28. The highest BCUT2D eigenvalue weighted by atomic mass is 19.1. The summed E-state index contributed by atoms with van der Waals surface area (Å²) < 4.78 is 23.6. The molecular weight excluding hydrogens is 339 g/mol. The van der Waals surface area contributed by atoms with Crippen LogP contribution in [0, 0.1) is 5.82 Å². The lowest BCUT2D eigenvalue weighted by Crippen LogP contribution is -2.52. The number of hydrogen-bond donors (Lipinski definition) is 1. The maximum Gasteiger partial charge on any atom is 0.255 e. The normalized spacial score (nSPS) is 16.8. The summed E-state index contributed by atoms with van der Waals surface area (Å²) in [5, 5.41) is 2.75. The van der Waals surface area contributed by atoms with Gasteiger partial charge in [0, 0.05) is 24.7 Å². The molecule has 2 aromatic rings. The molecule has 1 saturated heterocycles. The summed E-state index contributed by atoms with van der Waals surface area (Å²) >= 11 is 0. The van der Waals surface area contributed by atoms with Crippen molar-refractivity contribution in [3.8, 4) is 11.5 Å². The molecule has 2 amide bonds. The van der Waals surface area contributed by atoms with Crippen molar-refractivity contribution in [1.82, 2.24) is 10.2 Å². The molecule has 2 aromatic carbocycles. The Labute approximate surface area is 150 Å². The first kappa shape index (κ1) is 17.7. The molecule has 0 radical (unpaired) electrons. The maximum absolute atomic E-state index is 13.2. The molecule has 0 aromatic heterocycles. The van der Waals surface area contributed by atoms with Gasteiger partial charge in [0.25, 0.3) is 5.91 Å². The summed E-state index contributed by atoms with van der Waals surface area (Å²) in [4.78, 5) is 27.0. The van der Waals surface area contributed by atoms with Crippen molar-refractivity contribution in [1.29, 1.82) is 0 Å². The molecule has 1 N–H and O–H groups in total. The van der Waals surface area contributed by atoms with E-state index >= 15 is 0 Å². The lowest BCUT2D eigenvalue weighted by atomic mass is 10.0. The highest BCUT2D eigenvalue weighted by molar-refractivity contribution is 5.99. The van der Waals surface area contributed by atoms with Gasteiger partial charge in [-0.3, -0.25) is 9.59 Å². The Morgan fingerprint density at radius 1 is 1.12 bits per heavy atom. The second-order valence-electron chi connectivity index (χ2n) is 5.85. The van der Waals surface area contributed by atoms with Crippen LogP contribution in [0.3, 0.4) is 0 Å². The van der Waals surface area contributed by atoms with Gasteiger partial charge in [-0.1, -0.05) is 12.1 Å². The fourth-order valence-electron chi connectivity index (χ4n) is 2.96. The molecular formula is C19H19FN2O4. The van der Waals surface area contributed by atoms with Gasteiger partial charge in [0.15, 0.2) is 0 Å². The molecule has 0 spiro atoms. The molecule has 1 fully saturated rings. The first-order valence-corrected chi connectivity index (χ1v) is 8.10. The Morgan fingerprint density at radius 3 is 2.31 bits per heavy atom. The number of methoxy groups -OCH3 is 2. The first-order valence-electron chi connectivity index (χ1n) is 8.10. The third-order valence-electron chi connectivity index (χ3n) is 4.26. The minimum Gasteiger partial charge on any atom is -0.497 e. The smallest absolute Gasteiger partial charge is 0.255 e. The van der Waals surface area contributed by atoms with E-state index in [1.54, 1.807) is 18.2 Å². The standard InChI is InChI=1S/C19H19FN2O4/c1-25-15-9-13(10-16(11-15)26-2)19(24)22-8-7-21-18(23)17(22)12-3-5-14(20)6-4-12/h3-6,9-11,17H,7-8H2,1-2H3,(H,21,23). The van der Waals surface area contributed by atoms with Crippen molar-refractivity contribution in [2.75, 3.05) is 27.3 Å². The Bertz CT molecular complexity index is 801. The van der Waals surface area contributed by atoms with E-state index in [0.29, 0.717) is 35.7 Å². The van der Waals surface area contributed by atoms with Crippen LogP contribution in [0.1, 0.15) is 22.0 Å². The molecule has 0 bridgehead atoms. The van der Waals surface area contributed by atoms with Gasteiger partial charge in [-0.15, -0.1) is 0 Å². The number of nitrogens with zero attached hydrogens (tertiary/aromatic N) is 1. The van der Waals surface area contributed by atoms with E-state index < -0.39 is 11.9 Å². The molecule has 1 heterocycles. The zero-order valence-electron chi connectivity index (χ0n) is 14.5. The first-order chi connectivity index (χ1) is 12.5. The number of ether oxygens (including phenoxy) is 2. The predicted molar refractivity (Wildman–Crippen MR) is 92.7 cm³/mol. The van der Waals surface area contributed by atoms with Crippen molar-refractivity contribution in [3.63, 3.8) is 0 Å². The van der Waals surface area contributed by atoms with E-state index in [1.807, 2.05) is 0 Å².